The van der Waals surface area contributed by atoms with E-state index in [0.29, 0.717) is 18.8 Å². The van der Waals surface area contributed by atoms with Crippen molar-refractivity contribution < 1.29 is 8.42 Å². The van der Waals surface area contributed by atoms with Gasteiger partial charge in [0, 0.05) is 24.8 Å². The van der Waals surface area contributed by atoms with Gasteiger partial charge in [0.1, 0.15) is 0 Å². The molecule has 1 heterocycles. The Balaban J connectivity index is 2.40. The van der Waals surface area contributed by atoms with E-state index in [1.54, 1.807) is 32.9 Å². The first-order valence-electron chi connectivity index (χ1n) is 6.79. The van der Waals surface area contributed by atoms with Gasteiger partial charge < -0.3 is 0 Å². The van der Waals surface area contributed by atoms with E-state index < -0.39 is 10.0 Å². The van der Waals surface area contributed by atoms with Crippen LogP contribution in [-0.2, 0) is 10.0 Å². The lowest BCUT2D eigenvalue weighted by Gasteiger charge is -2.18. The Hall–Kier alpha value is -1.86. The van der Waals surface area contributed by atoms with Gasteiger partial charge in [-0.1, -0.05) is 13.8 Å². The van der Waals surface area contributed by atoms with E-state index in [2.05, 4.69) is 5.10 Å². The van der Waals surface area contributed by atoms with E-state index >= 15 is 0 Å². The molecule has 7 heteroatoms. The summed E-state index contributed by atoms with van der Waals surface area (Å²) in [7, 11) is -3.47. The van der Waals surface area contributed by atoms with Crippen LogP contribution in [-0.4, -0.2) is 35.6 Å². The molecular formula is C14H19N3O3S. The zero-order valence-corrected chi connectivity index (χ0v) is 13.1. The fourth-order valence-corrected chi connectivity index (χ4v) is 3.64. The van der Waals surface area contributed by atoms with Crippen molar-refractivity contribution in [3.05, 3.63) is 46.4 Å². The first-order chi connectivity index (χ1) is 9.90. The van der Waals surface area contributed by atoms with E-state index in [4.69, 9.17) is 0 Å². The lowest BCUT2D eigenvalue weighted by Crippen LogP contribution is -2.30. The molecule has 0 atom stereocenters. The topological polar surface area (TPSA) is 75.2 Å². The highest BCUT2D eigenvalue weighted by atomic mass is 32.2. The Labute approximate surface area is 124 Å². The molecule has 21 heavy (non-hydrogen) atoms. The van der Waals surface area contributed by atoms with E-state index in [1.165, 1.54) is 27.2 Å². The molecule has 0 radical (unpaired) electrons. The molecule has 0 fully saturated rings. The highest BCUT2D eigenvalue weighted by Gasteiger charge is 2.21. The first-order valence-corrected chi connectivity index (χ1v) is 8.23. The average Bonchev–Trinajstić information content (AvgIpc) is 2.79. The third kappa shape index (κ3) is 2.93. The van der Waals surface area contributed by atoms with Crippen LogP contribution in [0, 0.1) is 6.92 Å². The number of nitrogens with zero attached hydrogens (tertiary/aromatic N) is 2. The molecule has 0 aliphatic heterocycles. The Kier molecular flexibility index (Phi) is 4.34. The minimum atomic E-state index is -3.47. The summed E-state index contributed by atoms with van der Waals surface area (Å²) in [6.45, 7) is 6.25. The second-order valence-corrected chi connectivity index (χ2v) is 6.63. The van der Waals surface area contributed by atoms with Gasteiger partial charge >= 0.3 is 0 Å². The van der Waals surface area contributed by atoms with Gasteiger partial charge in [-0.15, -0.1) is 0 Å². The first kappa shape index (κ1) is 15.5. The zero-order chi connectivity index (χ0) is 15.6. The largest absolute Gasteiger partial charge is 0.295 e. The van der Waals surface area contributed by atoms with Crippen molar-refractivity contribution in [2.24, 2.45) is 0 Å². The lowest BCUT2D eigenvalue weighted by molar-refractivity contribution is 0.445. The molecule has 0 saturated heterocycles. The third-order valence-corrected chi connectivity index (χ3v) is 5.35. The van der Waals surface area contributed by atoms with Crippen molar-refractivity contribution >= 4 is 10.0 Å². The predicted octanol–water partition coefficient (Wildman–Crippen LogP) is 1.50. The summed E-state index contributed by atoms with van der Waals surface area (Å²) < 4.78 is 27.5. The van der Waals surface area contributed by atoms with Gasteiger partial charge in [-0.3, -0.25) is 9.89 Å². The normalized spacial score (nSPS) is 12.0. The summed E-state index contributed by atoms with van der Waals surface area (Å²) >= 11 is 0. The summed E-state index contributed by atoms with van der Waals surface area (Å²) in [5.74, 6) is 0. The second kappa shape index (κ2) is 5.87. The molecule has 2 rings (SSSR count). The maximum absolute atomic E-state index is 12.4. The number of nitrogens with one attached hydrogen (secondary N) is 1. The molecule has 1 N–H and O–H groups in total. The van der Waals surface area contributed by atoms with E-state index in [0.717, 1.165) is 5.69 Å². The SMILES string of the molecule is CCN(CC)S(=O)(=O)c1ccc(-n2[nH]c(C)cc2=O)cc1. The molecule has 0 saturated carbocycles. The summed E-state index contributed by atoms with van der Waals surface area (Å²) in [5, 5.41) is 2.91. The lowest BCUT2D eigenvalue weighted by atomic mass is 10.3. The summed E-state index contributed by atoms with van der Waals surface area (Å²) in [6, 6.07) is 7.76. The van der Waals surface area contributed by atoms with Crippen LogP contribution in [0.4, 0.5) is 0 Å². The Morgan fingerprint density at radius 1 is 1.14 bits per heavy atom. The van der Waals surface area contributed by atoms with Crippen molar-refractivity contribution in [2.75, 3.05) is 13.1 Å². The molecule has 0 spiro atoms. The maximum Gasteiger partial charge on any atom is 0.271 e. The van der Waals surface area contributed by atoms with Crippen LogP contribution >= 0.6 is 0 Å². The van der Waals surface area contributed by atoms with E-state index in [9.17, 15) is 13.2 Å². The third-order valence-electron chi connectivity index (χ3n) is 3.29. The van der Waals surface area contributed by atoms with Gasteiger partial charge in [0.15, 0.2) is 0 Å². The Bertz CT molecular complexity index is 769. The van der Waals surface area contributed by atoms with Crippen molar-refractivity contribution in [2.45, 2.75) is 25.7 Å². The fourth-order valence-electron chi connectivity index (χ4n) is 2.19. The van der Waals surface area contributed by atoms with E-state index in [1.807, 2.05) is 0 Å². The van der Waals surface area contributed by atoms with Gasteiger partial charge in [0.05, 0.1) is 10.6 Å². The second-order valence-electron chi connectivity index (χ2n) is 4.70. The monoisotopic (exact) mass is 309 g/mol. The molecule has 6 nitrogen and oxygen atoms in total. The molecule has 0 bridgehead atoms. The van der Waals surface area contributed by atoms with Gasteiger partial charge in [-0.05, 0) is 31.2 Å². The van der Waals surface area contributed by atoms with Gasteiger partial charge in [0.2, 0.25) is 10.0 Å². The molecule has 114 valence electrons. The number of aromatic amines is 1. The van der Waals surface area contributed by atoms with Crippen molar-refractivity contribution in [1.29, 1.82) is 0 Å². The summed E-state index contributed by atoms with van der Waals surface area (Å²) in [6.07, 6.45) is 0. The van der Waals surface area contributed by atoms with Crippen LogP contribution in [0.1, 0.15) is 19.5 Å². The number of rotatable bonds is 5. The van der Waals surface area contributed by atoms with Gasteiger partial charge in [0.25, 0.3) is 5.56 Å². The number of sulfonamides is 1. The molecular weight excluding hydrogens is 290 g/mol. The quantitative estimate of drug-likeness (QED) is 0.909. The minimum absolute atomic E-state index is 0.174. The van der Waals surface area contributed by atoms with Crippen LogP contribution < -0.4 is 5.56 Å². The minimum Gasteiger partial charge on any atom is -0.295 e. The molecule has 0 aliphatic carbocycles. The molecule has 1 aromatic carbocycles. The van der Waals surface area contributed by atoms with Gasteiger partial charge in [-0.2, -0.15) is 4.31 Å². The highest BCUT2D eigenvalue weighted by Crippen LogP contribution is 2.17. The standard InChI is InChI=1S/C14H19N3O3S/c1-4-16(5-2)21(19,20)13-8-6-12(7-9-13)17-14(18)10-11(3)15-17/h6-10,15H,4-5H2,1-3H3. The van der Waals surface area contributed by atoms with Gasteiger partial charge in [-0.25, -0.2) is 13.1 Å². The molecule has 0 aliphatic rings. The van der Waals surface area contributed by atoms with E-state index in [-0.39, 0.29) is 10.5 Å². The van der Waals surface area contributed by atoms with Crippen molar-refractivity contribution in [1.82, 2.24) is 14.1 Å². The smallest absolute Gasteiger partial charge is 0.271 e. The summed E-state index contributed by atoms with van der Waals surface area (Å²) in [4.78, 5) is 12.0. The summed E-state index contributed by atoms with van der Waals surface area (Å²) in [5.41, 5.74) is 1.18. The molecule has 0 amide bonds. The molecule has 0 unspecified atom stereocenters. The van der Waals surface area contributed by atoms with Crippen LogP contribution in [0.2, 0.25) is 0 Å². The van der Waals surface area contributed by atoms with Crippen molar-refractivity contribution in [3.8, 4) is 5.69 Å². The van der Waals surface area contributed by atoms with Crippen LogP contribution in [0.25, 0.3) is 5.69 Å². The molecule has 1 aromatic heterocycles. The Morgan fingerprint density at radius 3 is 2.14 bits per heavy atom. The predicted molar refractivity (Wildman–Crippen MR) is 81.2 cm³/mol. The zero-order valence-electron chi connectivity index (χ0n) is 12.3. The number of aryl methyl sites for hydroxylation is 1. The number of H-pyrrole nitrogens is 1. The number of hydrogen-bond donors (Lipinski definition) is 1. The maximum atomic E-state index is 12.4. The van der Waals surface area contributed by atoms with Crippen LogP contribution in [0.5, 0.6) is 0 Å². The fraction of sp³-hybridized carbons (Fsp3) is 0.357. The van der Waals surface area contributed by atoms with Crippen molar-refractivity contribution in [3.63, 3.8) is 0 Å². The Morgan fingerprint density at radius 2 is 1.71 bits per heavy atom. The van der Waals surface area contributed by atoms with Crippen LogP contribution in [0.3, 0.4) is 0 Å². The number of benzene rings is 1. The number of hydrogen-bond acceptors (Lipinski definition) is 3. The van der Waals surface area contributed by atoms with Crippen LogP contribution in [0.15, 0.2) is 40.0 Å². The number of aromatic nitrogens is 2. The average molecular weight is 309 g/mol. The highest BCUT2D eigenvalue weighted by molar-refractivity contribution is 7.89. The molecule has 2 aromatic rings.